The average Bonchev–Trinajstić information content (AvgIpc) is 3.21. The van der Waals surface area contributed by atoms with Gasteiger partial charge in [0.15, 0.2) is 21.0 Å². The van der Waals surface area contributed by atoms with Crippen LogP contribution in [-0.4, -0.2) is 61.5 Å². The molecule has 0 N–H and O–H groups in total. The number of sulfone groups is 1. The maximum Gasteiger partial charge on any atom is 0.332 e. The maximum absolute atomic E-state index is 13.1. The summed E-state index contributed by atoms with van der Waals surface area (Å²) >= 11 is 0. The molecule has 2 atom stereocenters. The quantitative estimate of drug-likeness (QED) is 0.639. The molecule has 0 aromatic carbocycles. The molecule has 3 heterocycles. The van der Waals surface area contributed by atoms with Gasteiger partial charge in [-0.2, -0.15) is 0 Å². The standard InChI is InChI=1S/C17H25N5O5S/c1-5-11(2)22(12-6-7-28(26,27)9-12)13(23)8-21-10-18-15-14(21)16(24)20(4)17(25)19(15)3/h10-12H,5-9H2,1-4H3/t11-,12-/m1/s1. The van der Waals surface area contributed by atoms with Crippen molar-refractivity contribution >= 4 is 26.9 Å². The second-order valence-electron chi connectivity index (χ2n) is 7.37. The maximum atomic E-state index is 13.1. The predicted molar refractivity (Wildman–Crippen MR) is 104 cm³/mol. The van der Waals surface area contributed by atoms with Gasteiger partial charge in [0.25, 0.3) is 5.56 Å². The number of rotatable bonds is 5. The lowest BCUT2D eigenvalue weighted by atomic mass is 10.1. The molecule has 10 nitrogen and oxygen atoms in total. The van der Waals surface area contributed by atoms with Crippen molar-refractivity contribution in [3.05, 3.63) is 27.2 Å². The van der Waals surface area contributed by atoms with Gasteiger partial charge in [0, 0.05) is 26.2 Å². The van der Waals surface area contributed by atoms with Crippen LogP contribution in [0.3, 0.4) is 0 Å². The molecule has 0 spiro atoms. The van der Waals surface area contributed by atoms with E-state index in [1.165, 1.54) is 29.6 Å². The zero-order chi connectivity index (χ0) is 20.8. The lowest BCUT2D eigenvalue weighted by Crippen LogP contribution is -2.48. The van der Waals surface area contributed by atoms with Crippen LogP contribution in [0.15, 0.2) is 15.9 Å². The number of hydrogen-bond donors (Lipinski definition) is 0. The van der Waals surface area contributed by atoms with E-state index in [1.807, 2.05) is 13.8 Å². The van der Waals surface area contributed by atoms with Crippen LogP contribution in [0.4, 0.5) is 0 Å². The summed E-state index contributed by atoms with van der Waals surface area (Å²) in [6.45, 7) is 3.68. The summed E-state index contributed by atoms with van der Waals surface area (Å²) in [5, 5.41) is 0. The third-order valence-electron chi connectivity index (χ3n) is 5.48. The Hall–Kier alpha value is -2.43. The Balaban J connectivity index is 1.99. The third kappa shape index (κ3) is 3.38. The van der Waals surface area contributed by atoms with Gasteiger partial charge in [-0.25, -0.2) is 18.2 Å². The van der Waals surface area contributed by atoms with E-state index in [0.29, 0.717) is 12.8 Å². The Morgan fingerprint density at radius 3 is 2.57 bits per heavy atom. The number of aryl methyl sites for hydroxylation is 1. The van der Waals surface area contributed by atoms with E-state index in [-0.39, 0.29) is 47.2 Å². The minimum atomic E-state index is -3.14. The summed E-state index contributed by atoms with van der Waals surface area (Å²) in [4.78, 5) is 43.5. The molecule has 154 valence electrons. The minimum Gasteiger partial charge on any atom is -0.334 e. The van der Waals surface area contributed by atoms with E-state index in [9.17, 15) is 22.8 Å². The normalized spacial score (nSPS) is 19.8. The van der Waals surface area contributed by atoms with Crippen molar-refractivity contribution in [1.29, 1.82) is 0 Å². The van der Waals surface area contributed by atoms with E-state index in [0.717, 1.165) is 4.57 Å². The predicted octanol–water partition coefficient (Wildman–Crippen LogP) is -0.752. The van der Waals surface area contributed by atoms with E-state index < -0.39 is 21.1 Å². The number of carbonyl (C=O) groups excluding carboxylic acids is 1. The Labute approximate surface area is 162 Å². The van der Waals surface area contributed by atoms with Gasteiger partial charge < -0.3 is 9.47 Å². The summed E-state index contributed by atoms with van der Waals surface area (Å²) < 4.78 is 27.4. The zero-order valence-electron chi connectivity index (χ0n) is 16.5. The fraction of sp³-hybridized carbons (Fsp3) is 0.647. The van der Waals surface area contributed by atoms with Crippen LogP contribution in [0.25, 0.3) is 11.2 Å². The summed E-state index contributed by atoms with van der Waals surface area (Å²) in [7, 11) is -0.254. The second kappa shape index (κ2) is 7.19. The first-order chi connectivity index (χ1) is 13.1. The average molecular weight is 411 g/mol. The van der Waals surface area contributed by atoms with E-state index in [4.69, 9.17) is 0 Å². The molecule has 0 unspecified atom stereocenters. The van der Waals surface area contributed by atoms with Crippen molar-refractivity contribution < 1.29 is 13.2 Å². The van der Waals surface area contributed by atoms with E-state index >= 15 is 0 Å². The van der Waals surface area contributed by atoms with Gasteiger partial charge in [-0.05, 0) is 19.8 Å². The van der Waals surface area contributed by atoms with Gasteiger partial charge in [0.2, 0.25) is 5.91 Å². The molecular weight excluding hydrogens is 386 g/mol. The molecule has 0 saturated carbocycles. The van der Waals surface area contributed by atoms with Crippen molar-refractivity contribution in [2.24, 2.45) is 14.1 Å². The van der Waals surface area contributed by atoms with Gasteiger partial charge >= 0.3 is 5.69 Å². The largest absolute Gasteiger partial charge is 0.334 e. The van der Waals surface area contributed by atoms with Gasteiger partial charge in [0.1, 0.15) is 6.54 Å². The Kier molecular flexibility index (Phi) is 5.22. The molecule has 2 aromatic heterocycles. The molecule has 11 heteroatoms. The molecule has 0 bridgehead atoms. The van der Waals surface area contributed by atoms with Crippen LogP contribution >= 0.6 is 0 Å². The molecule has 1 aliphatic heterocycles. The van der Waals surface area contributed by atoms with Crippen LogP contribution in [0.5, 0.6) is 0 Å². The first-order valence-corrected chi connectivity index (χ1v) is 11.0. The first kappa shape index (κ1) is 20.3. The molecule has 1 aliphatic rings. The van der Waals surface area contributed by atoms with Crippen molar-refractivity contribution in [3.63, 3.8) is 0 Å². The number of imidazole rings is 1. The fourth-order valence-electron chi connectivity index (χ4n) is 3.75. The van der Waals surface area contributed by atoms with Crippen molar-refractivity contribution in [1.82, 2.24) is 23.6 Å². The number of aromatic nitrogens is 4. The lowest BCUT2D eigenvalue weighted by Gasteiger charge is -2.33. The molecule has 2 aromatic rings. The number of nitrogens with zero attached hydrogens (tertiary/aromatic N) is 5. The fourth-order valence-corrected chi connectivity index (χ4v) is 5.46. The topological polar surface area (TPSA) is 116 Å². The van der Waals surface area contributed by atoms with Gasteiger partial charge in [0.05, 0.1) is 17.8 Å². The summed E-state index contributed by atoms with van der Waals surface area (Å²) in [6.07, 6.45) is 2.46. The van der Waals surface area contributed by atoms with Gasteiger partial charge in [-0.1, -0.05) is 6.92 Å². The monoisotopic (exact) mass is 411 g/mol. The number of hydrogen-bond acceptors (Lipinski definition) is 6. The SMILES string of the molecule is CC[C@@H](C)N(C(=O)Cn1cnc2c1c(=O)n(C)c(=O)n2C)[C@@H]1CCS(=O)(=O)C1. The van der Waals surface area contributed by atoms with Crippen molar-refractivity contribution in [2.75, 3.05) is 11.5 Å². The molecule has 0 aliphatic carbocycles. The van der Waals surface area contributed by atoms with Crippen LogP contribution in [0.2, 0.25) is 0 Å². The van der Waals surface area contributed by atoms with E-state index in [2.05, 4.69) is 4.98 Å². The van der Waals surface area contributed by atoms with Crippen LogP contribution in [-0.2, 0) is 35.3 Å². The zero-order valence-corrected chi connectivity index (χ0v) is 17.3. The van der Waals surface area contributed by atoms with Crippen molar-refractivity contribution in [3.8, 4) is 0 Å². The molecule has 3 rings (SSSR count). The summed E-state index contributed by atoms with van der Waals surface area (Å²) in [5.41, 5.74) is -0.645. The highest BCUT2D eigenvalue weighted by atomic mass is 32.2. The highest BCUT2D eigenvalue weighted by Crippen LogP contribution is 2.22. The Bertz CT molecular complexity index is 1140. The molecule has 1 amide bonds. The third-order valence-corrected chi connectivity index (χ3v) is 7.23. The lowest BCUT2D eigenvalue weighted by molar-refractivity contribution is -0.136. The first-order valence-electron chi connectivity index (χ1n) is 9.19. The van der Waals surface area contributed by atoms with Crippen LogP contribution < -0.4 is 11.2 Å². The smallest absolute Gasteiger partial charge is 0.332 e. The van der Waals surface area contributed by atoms with Gasteiger partial charge in [-0.3, -0.25) is 18.7 Å². The molecular formula is C17H25N5O5S. The highest BCUT2D eigenvalue weighted by molar-refractivity contribution is 7.91. The number of amides is 1. The molecule has 1 fully saturated rings. The van der Waals surface area contributed by atoms with Crippen molar-refractivity contribution in [2.45, 2.75) is 45.3 Å². The number of fused-ring (bicyclic) bond motifs is 1. The van der Waals surface area contributed by atoms with E-state index in [1.54, 1.807) is 4.90 Å². The summed E-state index contributed by atoms with van der Waals surface area (Å²) in [5.74, 6) is -0.231. The van der Waals surface area contributed by atoms with Crippen LogP contribution in [0, 0.1) is 0 Å². The Morgan fingerprint density at radius 2 is 2.00 bits per heavy atom. The summed E-state index contributed by atoms with van der Waals surface area (Å²) in [6, 6.07) is -0.498. The second-order valence-corrected chi connectivity index (χ2v) is 9.59. The Morgan fingerprint density at radius 1 is 1.32 bits per heavy atom. The minimum absolute atomic E-state index is 0.0377. The molecule has 0 radical (unpaired) electrons. The van der Waals surface area contributed by atoms with Gasteiger partial charge in [-0.15, -0.1) is 0 Å². The highest BCUT2D eigenvalue weighted by Gasteiger charge is 2.36. The van der Waals surface area contributed by atoms with Crippen LogP contribution in [0.1, 0.15) is 26.7 Å². The molecule has 28 heavy (non-hydrogen) atoms. The number of carbonyl (C=O) groups is 1. The molecule has 1 saturated heterocycles.